The van der Waals surface area contributed by atoms with E-state index < -0.39 is 6.29 Å². The molecule has 8 nitrogen and oxygen atoms in total. The predicted octanol–water partition coefficient (Wildman–Crippen LogP) is 2.03. The molecule has 1 amide bonds. The number of rotatable bonds is 8. The summed E-state index contributed by atoms with van der Waals surface area (Å²) in [5.74, 6) is 0.0615. The molecular formula is C22H27NO7. The molecule has 1 N–H and O–H groups in total. The minimum Gasteiger partial charge on any atom is -0.464 e. The van der Waals surface area contributed by atoms with Crippen LogP contribution in [0.1, 0.15) is 17.9 Å². The summed E-state index contributed by atoms with van der Waals surface area (Å²) in [7, 11) is 0. The van der Waals surface area contributed by atoms with Crippen LogP contribution in [0.2, 0.25) is 0 Å². The van der Waals surface area contributed by atoms with E-state index in [4.69, 9.17) is 28.5 Å². The number of fused-ring (bicyclic) bond motifs is 1. The lowest BCUT2D eigenvalue weighted by Crippen LogP contribution is -2.43. The molecule has 2 aliphatic heterocycles. The topological polar surface area (TPSA) is 90.6 Å². The number of aliphatic hydroxyl groups is 1. The van der Waals surface area contributed by atoms with Crippen LogP contribution in [-0.4, -0.2) is 74.9 Å². The summed E-state index contributed by atoms with van der Waals surface area (Å²) in [6.45, 7) is 3.01. The molecule has 0 spiro atoms. The van der Waals surface area contributed by atoms with Gasteiger partial charge in [0.15, 0.2) is 5.76 Å². The first-order valence-electron chi connectivity index (χ1n) is 10.3. The third kappa shape index (κ3) is 4.84. The van der Waals surface area contributed by atoms with Crippen molar-refractivity contribution >= 4 is 16.9 Å². The SMILES string of the molecule is O=C(C1=C[C@@H](c2coc3ccccc23)C[C@@H](OCCOCCO)O1)N1CCOCC1. The molecule has 1 aromatic carbocycles. The number of amides is 1. The number of hydrogen-bond acceptors (Lipinski definition) is 7. The number of aliphatic hydroxyl groups excluding tert-OH is 1. The monoisotopic (exact) mass is 417 g/mol. The van der Waals surface area contributed by atoms with Crippen molar-refractivity contribution in [1.29, 1.82) is 0 Å². The van der Waals surface area contributed by atoms with Gasteiger partial charge in [0.05, 0.1) is 45.9 Å². The van der Waals surface area contributed by atoms with Crippen LogP contribution in [0.15, 0.2) is 46.8 Å². The highest BCUT2D eigenvalue weighted by Crippen LogP contribution is 2.36. The fourth-order valence-electron chi connectivity index (χ4n) is 3.74. The van der Waals surface area contributed by atoms with Gasteiger partial charge in [-0.2, -0.15) is 0 Å². The van der Waals surface area contributed by atoms with Gasteiger partial charge >= 0.3 is 0 Å². The van der Waals surface area contributed by atoms with Crippen molar-refractivity contribution in [2.45, 2.75) is 18.6 Å². The van der Waals surface area contributed by atoms with Crippen LogP contribution in [0, 0.1) is 0 Å². The van der Waals surface area contributed by atoms with Crippen LogP contribution in [0.5, 0.6) is 0 Å². The van der Waals surface area contributed by atoms with Crippen LogP contribution < -0.4 is 0 Å². The molecule has 0 aliphatic carbocycles. The molecule has 162 valence electrons. The van der Waals surface area contributed by atoms with Gasteiger partial charge in [-0.05, 0) is 12.1 Å². The van der Waals surface area contributed by atoms with Crippen LogP contribution in [0.25, 0.3) is 11.0 Å². The number of allylic oxidation sites excluding steroid dienone is 1. The summed E-state index contributed by atoms with van der Waals surface area (Å²) in [6, 6.07) is 7.84. The van der Waals surface area contributed by atoms with E-state index in [0.717, 1.165) is 16.5 Å². The van der Waals surface area contributed by atoms with Gasteiger partial charge < -0.3 is 33.4 Å². The Balaban J connectivity index is 1.53. The quantitative estimate of drug-likeness (QED) is 0.657. The van der Waals surface area contributed by atoms with Crippen molar-refractivity contribution in [1.82, 2.24) is 4.90 Å². The van der Waals surface area contributed by atoms with Gasteiger partial charge in [0.1, 0.15) is 5.58 Å². The van der Waals surface area contributed by atoms with Crippen LogP contribution in [-0.2, 0) is 23.7 Å². The lowest BCUT2D eigenvalue weighted by atomic mass is 9.92. The standard InChI is InChI=1S/C22H27NO7/c24-7-10-27-11-12-28-21-14-16(18-15-29-19-4-2-1-3-17(18)19)13-20(30-21)22(25)23-5-8-26-9-6-23/h1-4,13,15-16,21,24H,5-12,14H2/t16-,21+/m1/s1. The summed E-state index contributed by atoms with van der Waals surface area (Å²) in [4.78, 5) is 14.8. The van der Waals surface area contributed by atoms with Gasteiger partial charge in [-0.25, -0.2) is 0 Å². The molecule has 0 bridgehead atoms. The second kappa shape index (κ2) is 10.1. The van der Waals surface area contributed by atoms with Crippen LogP contribution >= 0.6 is 0 Å². The molecule has 2 aliphatic rings. The smallest absolute Gasteiger partial charge is 0.288 e. The molecule has 0 unspecified atom stereocenters. The van der Waals surface area contributed by atoms with Gasteiger partial charge in [-0.3, -0.25) is 4.79 Å². The maximum Gasteiger partial charge on any atom is 0.288 e. The Bertz CT molecular complexity index is 871. The van der Waals surface area contributed by atoms with Crippen molar-refractivity contribution in [2.75, 3.05) is 52.7 Å². The lowest BCUT2D eigenvalue weighted by Gasteiger charge is -2.32. The van der Waals surface area contributed by atoms with Gasteiger partial charge in [0.25, 0.3) is 5.91 Å². The molecular weight excluding hydrogens is 390 g/mol. The fraction of sp³-hybridized carbons (Fsp3) is 0.500. The number of morpholine rings is 1. The average molecular weight is 417 g/mol. The minimum absolute atomic E-state index is 0.0312. The van der Waals surface area contributed by atoms with E-state index in [1.165, 1.54) is 0 Å². The molecule has 0 saturated carbocycles. The Labute approximate surface area is 174 Å². The number of hydrogen-bond donors (Lipinski definition) is 1. The van der Waals surface area contributed by atoms with Crippen molar-refractivity contribution in [2.24, 2.45) is 0 Å². The number of carbonyl (C=O) groups excluding carboxylic acids is 1. The molecule has 4 rings (SSSR count). The molecule has 2 aromatic rings. The first kappa shape index (κ1) is 20.9. The molecule has 0 radical (unpaired) electrons. The Kier molecular flexibility index (Phi) is 7.01. The summed E-state index contributed by atoms with van der Waals surface area (Å²) in [5.41, 5.74) is 1.81. The number of ether oxygens (including phenoxy) is 4. The van der Waals surface area contributed by atoms with Crippen molar-refractivity contribution < 1.29 is 33.3 Å². The van der Waals surface area contributed by atoms with E-state index in [0.29, 0.717) is 51.7 Å². The third-order valence-electron chi connectivity index (χ3n) is 5.24. The summed E-state index contributed by atoms with van der Waals surface area (Å²) in [6.07, 6.45) is 3.60. The average Bonchev–Trinajstić information content (AvgIpc) is 3.23. The second-order valence-electron chi connectivity index (χ2n) is 7.22. The molecule has 3 heterocycles. The number of para-hydroxylation sites is 1. The molecule has 2 atom stereocenters. The highest BCUT2D eigenvalue weighted by molar-refractivity contribution is 5.92. The zero-order chi connectivity index (χ0) is 20.8. The van der Waals surface area contributed by atoms with Gasteiger partial charge in [0.2, 0.25) is 6.29 Å². The normalized spacial score (nSPS) is 22.0. The zero-order valence-corrected chi connectivity index (χ0v) is 16.8. The number of benzene rings is 1. The number of carbonyl (C=O) groups is 1. The Morgan fingerprint density at radius 1 is 1.17 bits per heavy atom. The van der Waals surface area contributed by atoms with E-state index in [9.17, 15) is 4.79 Å². The highest BCUT2D eigenvalue weighted by atomic mass is 16.7. The molecule has 1 aromatic heterocycles. The van der Waals surface area contributed by atoms with Crippen LogP contribution in [0.3, 0.4) is 0 Å². The Hall–Kier alpha value is -2.39. The van der Waals surface area contributed by atoms with Gasteiger partial charge in [0, 0.05) is 36.4 Å². The predicted molar refractivity (Wildman–Crippen MR) is 108 cm³/mol. The molecule has 30 heavy (non-hydrogen) atoms. The first-order chi connectivity index (χ1) is 14.8. The van der Waals surface area contributed by atoms with Crippen molar-refractivity contribution in [3.8, 4) is 0 Å². The maximum absolute atomic E-state index is 13.0. The van der Waals surface area contributed by atoms with E-state index in [1.807, 2.05) is 30.3 Å². The van der Waals surface area contributed by atoms with Crippen molar-refractivity contribution in [3.63, 3.8) is 0 Å². The maximum atomic E-state index is 13.0. The Morgan fingerprint density at radius 3 is 2.83 bits per heavy atom. The fourth-order valence-corrected chi connectivity index (χ4v) is 3.74. The molecule has 1 saturated heterocycles. The first-order valence-corrected chi connectivity index (χ1v) is 10.3. The van der Waals surface area contributed by atoms with E-state index >= 15 is 0 Å². The van der Waals surface area contributed by atoms with Gasteiger partial charge in [-0.1, -0.05) is 18.2 Å². The molecule has 1 fully saturated rings. The minimum atomic E-state index is -0.577. The van der Waals surface area contributed by atoms with E-state index in [1.54, 1.807) is 11.2 Å². The van der Waals surface area contributed by atoms with E-state index in [2.05, 4.69) is 0 Å². The zero-order valence-electron chi connectivity index (χ0n) is 16.8. The Morgan fingerprint density at radius 2 is 2.00 bits per heavy atom. The van der Waals surface area contributed by atoms with Crippen molar-refractivity contribution in [3.05, 3.63) is 47.9 Å². The summed E-state index contributed by atoms with van der Waals surface area (Å²) < 4.78 is 28.1. The highest BCUT2D eigenvalue weighted by Gasteiger charge is 2.32. The van der Waals surface area contributed by atoms with E-state index in [-0.39, 0.29) is 25.0 Å². The lowest BCUT2D eigenvalue weighted by molar-refractivity contribution is -0.158. The molecule has 8 heteroatoms. The summed E-state index contributed by atoms with van der Waals surface area (Å²) >= 11 is 0. The van der Waals surface area contributed by atoms with Crippen LogP contribution in [0.4, 0.5) is 0 Å². The largest absolute Gasteiger partial charge is 0.464 e. The second-order valence-corrected chi connectivity index (χ2v) is 7.22. The number of nitrogens with zero attached hydrogens (tertiary/aromatic N) is 1. The van der Waals surface area contributed by atoms with Gasteiger partial charge in [-0.15, -0.1) is 0 Å². The number of furan rings is 1. The summed E-state index contributed by atoms with van der Waals surface area (Å²) in [5, 5.41) is 9.82. The third-order valence-corrected chi connectivity index (χ3v) is 5.24.